The number of fused-ring (bicyclic) bond motifs is 2. The number of hydrogen-bond donors (Lipinski definition) is 0. The van der Waals surface area contributed by atoms with E-state index < -0.39 is 0 Å². The van der Waals surface area contributed by atoms with Crippen LogP contribution in [0.5, 0.6) is 0 Å². The lowest BCUT2D eigenvalue weighted by molar-refractivity contribution is -0.213. The van der Waals surface area contributed by atoms with E-state index in [9.17, 15) is 0 Å². The van der Waals surface area contributed by atoms with E-state index in [4.69, 9.17) is 4.84 Å². The maximum Gasteiger partial charge on any atom is 0.122 e. The largest absolute Gasteiger partial charge is 0.283 e. The van der Waals surface area contributed by atoms with Crippen molar-refractivity contribution in [1.29, 1.82) is 0 Å². The molecule has 166 valence electrons. The fourth-order valence-electron chi connectivity index (χ4n) is 5.61. The third-order valence-electron chi connectivity index (χ3n) is 7.21. The van der Waals surface area contributed by atoms with Crippen molar-refractivity contribution in [1.82, 2.24) is 9.96 Å². The second kappa shape index (κ2) is 10.4. The van der Waals surface area contributed by atoms with Gasteiger partial charge in [-0.3, -0.25) is 9.74 Å². The minimum absolute atomic E-state index is 0.641. The molecule has 3 heteroatoms. The standard InChI is InChI=1S/C29H34N2O/c1-4-10-24(11-5-1)20-30(29-19-27-16-17-28(29)18-27)23-32-31(21-25-12-6-2-7-13-25)22-26-14-8-3-9-15-26/h1-15,27-29H,16-23H2. The number of benzene rings is 3. The maximum atomic E-state index is 6.56. The monoisotopic (exact) mass is 426 g/mol. The average Bonchev–Trinajstić information content (AvgIpc) is 3.48. The molecule has 3 atom stereocenters. The van der Waals surface area contributed by atoms with Gasteiger partial charge in [0.15, 0.2) is 0 Å². The molecule has 0 aliphatic heterocycles. The predicted octanol–water partition coefficient (Wildman–Crippen LogP) is 6.27. The molecule has 32 heavy (non-hydrogen) atoms. The van der Waals surface area contributed by atoms with Gasteiger partial charge in [0.1, 0.15) is 6.73 Å². The van der Waals surface area contributed by atoms with Crippen molar-refractivity contribution in [2.75, 3.05) is 6.73 Å². The zero-order valence-electron chi connectivity index (χ0n) is 18.9. The summed E-state index contributed by atoms with van der Waals surface area (Å²) < 4.78 is 0. The van der Waals surface area contributed by atoms with Gasteiger partial charge in [-0.2, -0.15) is 5.06 Å². The highest BCUT2D eigenvalue weighted by atomic mass is 16.7. The van der Waals surface area contributed by atoms with Gasteiger partial charge in [-0.25, -0.2) is 0 Å². The van der Waals surface area contributed by atoms with Crippen molar-refractivity contribution in [2.24, 2.45) is 11.8 Å². The number of hydrogen-bond acceptors (Lipinski definition) is 3. The first-order valence-electron chi connectivity index (χ1n) is 12.1. The molecule has 2 fully saturated rings. The summed E-state index contributed by atoms with van der Waals surface area (Å²) in [5.41, 5.74) is 3.92. The van der Waals surface area contributed by atoms with Crippen LogP contribution in [-0.4, -0.2) is 22.7 Å². The molecule has 0 spiro atoms. The molecule has 2 saturated carbocycles. The highest BCUT2D eigenvalue weighted by molar-refractivity contribution is 5.17. The van der Waals surface area contributed by atoms with Gasteiger partial charge in [0.2, 0.25) is 0 Å². The Balaban J connectivity index is 1.30. The van der Waals surface area contributed by atoms with Gasteiger partial charge in [-0.05, 0) is 47.8 Å². The Hall–Kier alpha value is -2.46. The van der Waals surface area contributed by atoms with Crippen LogP contribution in [-0.2, 0) is 24.5 Å². The lowest BCUT2D eigenvalue weighted by atomic mass is 9.94. The Morgan fingerprint density at radius 3 is 1.62 bits per heavy atom. The van der Waals surface area contributed by atoms with Gasteiger partial charge < -0.3 is 0 Å². The topological polar surface area (TPSA) is 15.7 Å². The summed E-state index contributed by atoms with van der Waals surface area (Å²) in [7, 11) is 0. The Bertz CT molecular complexity index is 905. The van der Waals surface area contributed by atoms with Crippen molar-refractivity contribution >= 4 is 0 Å². The molecule has 3 aromatic rings. The van der Waals surface area contributed by atoms with Gasteiger partial charge in [-0.15, -0.1) is 0 Å². The van der Waals surface area contributed by atoms with Crippen molar-refractivity contribution in [3.8, 4) is 0 Å². The predicted molar refractivity (Wildman–Crippen MR) is 129 cm³/mol. The Morgan fingerprint density at radius 1 is 0.625 bits per heavy atom. The summed E-state index contributed by atoms with van der Waals surface area (Å²) in [5, 5.41) is 2.13. The molecule has 2 aliphatic rings. The highest BCUT2D eigenvalue weighted by Crippen LogP contribution is 2.46. The van der Waals surface area contributed by atoms with Crippen LogP contribution in [0.2, 0.25) is 0 Å². The summed E-state index contributed by atoms with van der Waals surface area (Å²) >= 11 is 0. The van der Waals surface area contributed by atoms with Crippen LogP contribution in [0.3, 0.4) is 0 Å². The van der Waals surface area contributed by atoms with E-state index in [0.717, 1.165) is 31.5 Å². The summed E-state index contributed by atoms with van der Waals surface area (Å²) in [6, 6.07) is 32.8. The zero-order valence-corrected chi connectivity index (χ0v) is 18.9. The molecule has 0 aromatic heterocycles. The highest BCUT2D eigenvalue weighted by Gasteiger charge is 2.42. The SMILES string of the molecule is c1ccc(CN(Cc2ccccc2)OCN(Cc2ccccc2)C2CC3CCC2C3)cc1. The zero-order chi connectivity index (χ0) is 21.6. The van der Waals surface area contributed by atoms with E-state index in [-0.39, 0.29) is 0 Å². The molecule has 0 amide bonds. The van der Waals surface area contributed by atoms with E-state index in [0.29, 0.717) is 12.8 Å². The van der Waals surface area contributed by atoms with Crippen LogP contribution < -0.4 is 0 Å². The van der Waals surface area contributed by atoms with Gasteiger partial charge in [0.25, 0.3) is 0 Å². The Morgan fingerprint density at radius 2 is 1.16 bits per heavy atom. The van der Waals surface area contributed by atoms with Gasteiger partial charge in [0, 0.05) is 25.7 Å². The lowest BCUT2D eigenvalue weighted by Crippen LogP contribution is -2.42. The minimum atomic E-state index is 0.641. The van der Waals surface area contributed by atoms with Crippen LogP contribution in [0.1, 0.15) is 42.4 Å². The van der Waals surface area contributed by atoms with Crippen LogP contribution in [0, 0.1) is 11.8 Å². The van der Waals surface area contributed by atoms with E-state index in [1.807, 2.05) is 0 Å². The molecule has 3 nitrogen and oxygen atoms in total. The molecule has 5 rings (SSSR count). The van der Waals surface area contributed by atoms with E-state index in [1.54, 1.807) is 0 Å². The number of hydroxylamine groups is 2. The van der Waals surface area contributed by atoms with Crippen LogP contribution in [0.15, 0.2) is 91.0 Å². The third-order valence-corrected chi connectivity index (χ3v) is 7.21. The average molecular weight is 427 g/mol. The normalized spacial score (nSPS) is 22.1. The quantitative estimate of drug-likeness (QED) is 0.281. The summed E-state index contributed by atoms with van der Waals surface area (Å²) in [4.78, 5) is 9.16. The second-order valence-corrected chi connectivity index (χ2v) is 9.50. The number of rotatable bonds is 10. The molecule has 0 heterocycles. The van der Waals surface area contributed by atoms with Crippen LogP contribution in [0.4, 0.5) is 0 Å². The van der Waals surface area contributed by atoms with Crippen molar-refractivity contribution in [3.63, 3.8) is 0 Å². The van der Waals surface area contributed by atoms with Crippen molar-refractivity contribution in [3.05, 3.63) is 108 Å². The second-order valence-electron chi connectivity index (χ2n) is 9.50. The smallest absolute Gasteiger partial charge is 0.122 e. The molecule has 3 aromatic carbocycles. The molecule has 0 saturated heterocycles. The molecule has 3 unspecified atom stereocenters. The fourth-order valence-corrected chi connectivity index (χ4v) is 5.61. The molecular formula is C29H34N2O. The van der Waals surface area contributed by atoms with Gasteiger partial charge in [0.05, 0.1) is 0 Å². The summed E-state index contributed by atoms with van der Waals surface area (Å²) in [6.07, 6.45) is 5.56. The molecule has 0 N–H and O–H groups in total. The lowest BCUT2D eigenvalue weighted by Gasteiger charge is -2.36. The van der Waals surface area contributed by atoms with Crippen LogP contribution in [0.25, 0.3) is 0 Å². The first kappa shape index (κ1) is 21.4. The molecule has 2 bridgehead atoms. The maximum absolute atomic E-state index is 6.56. The van der Waals surface area contributed by atoms with Gasteiger partial charge >= 0.3 is 0 Å². The van der Waals surface area contributed by atoms with E-state index >= 15 is 0 Å². The van der Waals surface area contributed by atoms with E-state index in [1.165, 1.54) is 42.4 Å². The summed E-state index contributed by atoms with van der Waals surface area (Å²) in [5.74, 6) is 1.76. The Labute approximate surface area is 192 Å². The van der Waals surface area contributed by atoms with Crippen LogP contribution >= 0.6 is 0 Å². The Kier molecular flexibility index (Phi) is 6.98. The van der Waals surface area contributed by atoms with E-state index in [2.05, 4.69) is 101 Å². The van der Waals surface area contributed by atoms with Gasteiger partial charge in [-0.1, -0.05) is 97.4 Å². The van der Waals surface area contributed by atoms with Crippen molar-refractivity contribution < 1.29 is 4.84 Å². The minimum Gasteiger partial charge on any atom is -0.283 e. The first-order chi connectivity index (χ1) is 15.8. The van der Waals surface area contributed by atoms with Crippen molar-refractivity contribution in [2.45, 2.75) is 51.4 Å². The molecule has 2 aliphatic carbocycles. The molecular weight excluding hydrogens is 392 g/mol. The summed E-state index contributed by atoms with van der Waals surface area (Å²) in [6.45, 7) is 3.17. The number of nitrogens with zero attached hydrogens (tertiary/aromatic N) is 2. The fraction of sp³-hybridized carbons (Fsp3) is 0.379. The first-order valence-corrected chi connectivity index (χ1v) is 12.1. The molecule has 0 radical (unpaired) electrons. The third kappa shape index (κ3) is 5.47.